The molecule has 6 nitrogen and oxygen atoms in total. The first-order valence-electron chi connectivity index (χ1n) is 8.26. The summed E-state index contributed by atoms with van der Waals surface area (Å²) >= 11 is 0. The van der Waals surface area contributed by atoms with Gasteiger partial charge in [-0.3, -0.25) is 9.55 Å². The number of fused-ring (bicyclic) bond motifs is 1. The second-order valence-electron chi connectivity index (χ2n) is 5.97. The fraction of sp³-hybridized carbons (Fsp3) is 0.100. The number of aromatic nitrogens is 4. The average molecular weight is 340 g/mol. The quantitative estimate of drug-likeness (QED) is 0.610. The van der Waals surface area contributed by atoms with E-state index in [1.54, 1.807) is 30.9 Å². The normalized spacial score (nSPS) is 11.8. The zero-order chi connectivity index (χ0) is 17.9. The molecule has 1 atom stereocenters. The molecule has 0 saturated carbocycles. The van der Waals surface area contributed by atoms with Crippen LogP contribution in [0.25, 0.3) is 16.9 Å². The highest BCUT2D eigenvalue weighted by Gasteiger charge is 2.10. The van der Waals surface area contributed by atoms with E-state index in [0.29, 0.717) is 17.2 Å². The molecule has 0 aliphatic rings. The Balaban J connectivity index is 1.67. The summed E-state index contributed by atoms with van der Waals surface area (Å²) in [6, 6.07) is 17.8. The van der Waals surface area contributed by atoms with Crippen molar-refractivity contribution in [3.05, 3.63) is 78.4 Å². The number of nitriles is 1. The van der Waals surface area contributed by atoms with Gasteiger partial charge in [0.05, 0.1) is 35.1 Å². The maximum Gasteiger partial charge on any atom is 0.159 e. The number of rotatable bonds is 4. The van der Waals surface area contributed by atoms with E-state index in [1.165, 1.54) is 5.56 Å². The van der Waals surface area contributed by atoms with Crippen LogP contribution in [-0.4, -0.2) is 19.5 Å². The molecule has 4 rings (SSSR count). The van der Waals surface area contributed by atoms with Crippen LogP contribution in [-0.2, 0) is 0 Å². The minimum atomic E-state index is 0.102. The fourth-order valence-electron chi connectivity index (χ4n) is 2.85. The molecule has 26 heavy (non-hydrogen) atoms. The third-order valence-corrected chi connectivity index (χ3v) is 4.21. The van der Waals surface area contributed by atoms with Crippen LogP contribution < -0.4 is 5.32 Å². The van der Waals surface area contributed by atoms with Gasteiger partial charge in [-0.05, 0) is 30.7 Å². The van der Waals surface area contributed by atoms with Crippen molar-refractivity contribution in [1.29, 1.82) is 5.26 Å². The van der Waals surface area contributed by atoms with Crippen molar-refractivity contribution >= 4 is 16.9 Å². The highest BCUT2D eigenvalue weighted by molar-refractivity contribution is 5.78. The highest BCUT2D eigenvalue weighted by Crippen LogP contribution is 2.21. The molecule has 0 amide bonds. The van der Waals surface area contributed by atoms with Crippen molar-refractivity contribution < 1.29 is 0 Å². The van der Waals surface area contributed by atoms with Crippen molar-refractivity contribution in [1.82, 2.24) is 19.5 Å². The zero-order valence-corrected chi connectivity index (χ0v) is 14.2. The maximum atomic E-state index is 9.13. The third kappa shape index (κ3) is 2.98. The monoisotopic (exact) mass is 340 g/mol. The number of imidazole rings is 1. The lowest BCUT2D eigenvalue weighted by Crippen LogP contribution is -2.09. The Morgan fingerprint density at radius 3 is 2.77 bits per heavy atom. The Hall–Kier alpha value is -3.72. The molecule has 0 bridgehead atoms. The Morgan fingerprint density at radius 1 is 1.12 bits per heavy atom. The van der Waals surface area contributed by atoms with Crippen molar-refractivity contribution in [3.8, 4) is 11.9 Å². The summed E-state index contributed by atoms with van der Waals surface area (Å²) in [6.45, 7) is 2.08. The lowest BCUT2D eigenvalue weighted by atomic mass is 10.1. The Bertz CT molecular complexity index is 1090. The van der Waals surface area contributed by atoms with Crippen molar-refractivity contribution in [2.45, 2.75) is 13.0 Å². The van der Waals surface area contributed by atoms with Crippen LogP contribution in [0.3, 0.4) is 0 Å². The first-order valence-corrected chi connectivity index (χ1v) is 8.26. The molecule has 0 aliphatic carbocycles. The maximum absolute atomic E-state index is 9.13. The Morgan fingerprint density at radius 2 is 1.96 bits per heavy atom. The van der Waals surface area contributed by atoms with Crippen LogP contribution >= 0.6 is 0 Å². The van der Waals surface area contributed by atoms with E-state index in [-0.39, 0.29) is 6.04 Å². The van der Waals surface area contributed by atoms with Gasteiger partial charge in [-0.25, -0.2) is 9.97 Å². The molecule has 6 heteroatoms. The minimum absolute atomic E-state index is 0.102. The molecule has 0 spiro atoms. The summed E-state index contributed by atoms with van der Waals surface area (Å²) in [6.07, 6.45) is 5.07. The Labute approximate surface area is 150 Å². The van der Waals surface area contributed by atoms with Gasteiger partial charge in [-0.1, -0.05) is 30.3 Å². The predicted molar refractivity (Wildman–Crippen MR) is 99.9 cm³/mol. The molecule has 4 aromatic rings. The van der Waals surface area contributed by atoms with Crippen LogP contribution in [0.4, 0.5) is 5.82 Å². The van der Waals surface area contributed by atoms with Crippen LogP contribution in [0.1, 0.15) is 24.1 Å². The largest absolute Gasteiger partial charge is 0.362 e. The summed E-state index contributed by atoms with van der Waals surface area (Å²) in [5, 5.41) is 12.5. The van der Waals surface area contributed by atoms with Gasteiger partial charge in [0, 0.05) is 6.04 Å². The van der Waals surface area contributed by atoms with Gasteiger partial charge in [-0.15, -0.1) is 0 Å². The molecule has 0 unspecified atom stereocenters. The zero-order valence-electron chi connectivity index (χ0n) is 14.2. The topological polar surface area (TPSA) is 79.4 Å². The number of nitrogens with one attached hydrogen (secondary N) is 1. The summed E-state index contributed by atoms with van der Waals surface area (Å²) in [5.41, 5.74) is 3.39. The Kier molecular flexibility index (Phi) is 4.04. The molecule has 2 heterocycles. The number of nitrogens with zero attached hydrogens (tertiary/aromatic N) is 5. The molecule has 0 saturated heterocycles. The van der Waals surface area contributed by atoms with Gasteiger partial charge in [0.15, 0.2) is 5.82 Å². The summed E-state index contributed by atoms with van der Waals surface area (Å²) in [7, 11) is 0. The van der Waals surface area contributed by atoms with E-state index in [4.69, 9.17) is 5.26 Å². The lowest BCUT2D eigenvalue weighted by Gasteiger charge is -2.15. The van der Waals surface area contributed by atoms with E-state index in [1.807, 2.05) is 28.8 Å². The average Bonchev–Trinajstić information content (AvgIpc) is 3.12. The van der Waals surface area contributed by atoms with E-state index in [0.717, 1.165) is 11.0 Å². The van der Waals surface area contributed by atoms with Crippen LogP contribution in [0.5, 0.6) is 0 Å². The molecule has 0 radical (unpaired) electrons. The molecule has 1 N–H and O–H groups in total. The van der Waals surface area contributed by atoms with E-state index < -0.39 is 0 Å². The first kappa shape index (κ1) is 15.8. The number of benzene rings is 2. The molecule has 0 fully saturated rings. The fourth-order valence-corrected chi connectivity index (χ4v) is 2.85. The van der Waals surface area contributed by atoms with Gasteiger partial charge >= 0.3 is 0 Å². The second kappa shape index (κ2) is 6.65. The molecular weight excluding hydrogens is 324 g/mol. The number of hydrogen-bond donors (Lipinski definition) is 1. The molecule has 2 aromatic carbocycles. The summed E-state index contributed by atoms with van der Waals surface area (Å²) < 4.78 is 1.83. The predicted octanol–water partition coefficient (Wildman–Crippen LogP) is 3.86. The van der Waals surface area contributed by atoms with E-state index >= 15 is 0 Å². The van der Waals surface area contributed by atoms with Gasteiger partial charge in [0.25, 0.3) is 0 Å². The number of anilines is 1. The highest BCUT2D eigenvalue weighted by atomic mass is 15.2. The van der Waals surface area contributed by atoms with Gasteiger partial charge < -0.3 is 5.32 Å². The summed E-state index contributed by atoms with van der Waals surface area (Å²) in [5.74, 6) is 1.32. The number of hydrogen-bond acceptors (Lipinski definition) is 5. The van der Waals surface area contributed by atoms with Crippen LogP contribution in [0, 0.1) is 11.3 Å². The van der Waals surface area contributed by atoms with E-state index in [9.17, 15) is 0 Å². The SMILES string of the molecule is C[C@H](Nc1cncc(-n2cnc3ccc(C#N)cc32)n1)c1ccccc1. The molecule has 0 aliphatic heterocycles. The standard InChI is InChI=1S/C20H16N6/c1-14(16-5-3-2-4-6-16)24-19-11-22-12-20(25-19)26-13-23-17-8-7-15(10-21)9-18(17)26/h2-9,11-14H,1H3,(H,24,25)/t14-/m0/s1. The van der Waals surface area contributed by atoms with Crippen LogP contribution in [0.15, 0.2) is 67.3 Å². The van der Waals surface area contributed by atoms with Gasteiger partial charge in [0.1, 0.15) is 12.1 Å². The second-order valence-corrected chi connectivity index (χ2v) is 5.97. The smallest absolute Gasteiger partial charge is 0.159 e. The first-order chi connectivity index (χ1) is 12.7. The molecule has 126 valence electrons. The summed E-state index contributed by atoms with van der Waals surface area (Å²) in [4.78, 5) is 13.3. The van der Waals surface area contributed by atoms with E-state index in [2.05, 4.69) is 45.4 Å². The van der Waals surface area contributed by atoms with Crippen molar-refractivity contribution in [2.75, 3.05) is 5.32 Å². The van der Waals surface area contributed by atoms with Crippen molar-refractivity contribution in [3.63, 3.8) is 0 Å². The molecular formula is C20H16N6. The molecule has 2 aromatic heterocycles. The third-order valence-electron chi connectivity index (χ3n) is 4.21. The van der Waals surface area contributed by atoms with Crippen molar-refractivity contribution in [2.24, 2.45) is 0 Å². The lowest BCUT2D eigenvalue weighted by molar-refractivity contribution is 0.865. The minimum Gasteiger partial charge on any atom is -0.362 e. The van der Waals surface area contributed by atoms with Gasteiger partial charge in [0.2, 0.25) is 0 Å². The van der Waals surface area contributed by atoms with Gasteiger partial charge in [-0.2, -0.15) is 5.26 Å². The van der Waals surface area contributed by atoms with Crippen LogP contribution in [0.2, 0.25) is 0 Å².